The maximum atomic E-state index is 13.6. The number of amides is 1. The van der Waals surface area contributed by atoms with Gasteiger partial charge >= 0.3 is 0 Å². The fraction of sp³-hybridized carbons (Fsp3) is 0.417. The van der Waals surface area contributed by atoms with Crippen LogP contribution in [0.2, 0.25) is 0 Å². The second-order valence-corrected chi connectivity index (χ2v) is 3.43. The van der Waals surface area contributed by atoms with E-state index in [2.05, 4.69) is 0 Å². The van der Waals surface area contributed by atoms with Gasteiger partial charge in [-0.15, -0.1) is 0 Å². The van der Waals surface area contributed by atoms with Crippen molar-refractivity contribution in [3.05, 3.63) is 29.6 Å². The molecular weight excluding hydrogens is 225 g/mol. The van der Waals surface area contributed by atoms with Crippen LogP contribution in [0.3, 0.4) is 0 Å². The fourth-order valence-electron chi connectivity index (χ4n) is 1.56. The van der Waals surface area contributed by atoms with Gasteiger partial charge in [-0.3, -0.25) is 4.79 Å². The van der Waals surface area contributed by atoms with Gasteiger partial charge in [0.2, 0.25) is 0 Å². The third kappa shape index (κ3) is 2.94. The highest BCUT2D eigenvalue weighted by Gasteiger charge is 2.21. The molecule has 0 atom stereocenters. The number of benzene rings is 1. The molecule has 0 spiro atoms. The summed E-state index contributed by atoms with van der Waals surface area (Å²) in [6, 6.07) is 4.22. The summed E-state index contributed by atoms with van der Waals surface area (Å²) in [5, 5.41) is 8.84. The van der Waals surface area contributed by atoms with Crippen molar-refractivity contribution in [3.8, 4) is 5.75 Å². The minimum absolute atomic E-state index is 0.0923. The van der Waals surface area contributed by atoms with Crippen LogP contribution in [-0.4, -0.2) is 42.7 Å². The second-order valence-electron chi connectivity index (χ2n) is 3.43. The van der Waals surface area contributed by atoms with Crippen LogP contribution in [0.5, 0.6) is 5.75 Å². The highest BCUT2D eigenvalue weighted by atomic mass is 19.1. The molecule has 1 aromatic carbocycles. The van der Waals surface area contributed by atoms with E-state index in [-0.39, 0.29) is 24.5 Å². The number of rotatable bonds is 5. The first-order valence-electron chi connectivity index (χ1n) is 5.38. The summed E-state index contributed by atoms with van der Waals surface area (Å²) in [5.74, 6) is -0.895. The number of carbonyl (C=O) groups excluding carboxylic acids is 1. The third-order valence-electron chi connectivity index (χ3n) is 2.45. The quantitative estimate of drug-likeness (QED) is 0.845. The van der Waals surface area contributed by atoms with Gasteiger partial charge in [0.05, 0.1) is 13.7 Å². The van der Waals surface area contributed by atoms with Crippen molar-refractivity contribution < 1.29 is 19.0 Å². The Labute approximate surface area is 99.6 Å². The van der Waals surface area contributed by atoms with Gasteiger partial charge in [0.15, 0.2) is 0 Å². The van der Waals surface area contributed by atoms with E-state index in [1.807, 2.05) is 0 Å². The Morgan fingerprint density at radius 3 is 2.76 bits per heavy atom. The van der Waals surface area contributed by atoms with E-state index < -0.39 is 11.7 Å². The average molecular weight is 241 g/mol. The van der Waals surface area contributed by atoms with Gasteiger partial charge in [-0.05, 0) is 19.1 Å². The van der Waals surface area contributed by atoms with E-state index in [1.54, 1.807) is 6.92 Å². The van der Waals surface area contributed by atoms with Gasteiger partial charge in [0.25, 0.3) is 5.91 Å². The van der Waals surface area contributed by atoms with E-state index in [9.17, 15) is 9.18 Å². The standard InChI is InChI=1S/C12H16FNO3/c1-3-14(7-8-15)12(16)11-9(13)5-4-6-10(11)17-2/h4-6,15H,3,7-8H2,1-2H3. The van der Waals surface area contributed by atoms with Crippen molar-refractivity contribution in [2.24, 2.45) is 0 Å². The fourth-order valence-corrected chi connectivity index (χ4v) is 1.56. The minimum Gasteiger partial charge on any atom is -0.496 e. The Hall–Kier alpha value is -1.62. The molecule has 1 amide bonds. The van der Waals surface area contributed by atoms with E-state index in [0.29, 0.717) is 6.54 Å². The first-order chi connectivity index (χ1) is 8.15. The summed E-state index contributed by atoms with van der Waals surface area (Å²) in [6.07, 6.45) is 0. The van der Waals surface area contributed by atoms with Crippen LogP contribution in [-0.2, 0) is 0 Å². The first kappa shape index (κ1) is 13.4. The highest BCUT2D eigenvalue weighted by Crippen LogP contribution is 2.22. The molecule has 0 aliphatic carbocycles. The molecule has 0 bridgehead atoms. The van der Waals surface area contributed by atoms with E-state index in [1.165, 1.54) is 30.2 Å². The van der Waals surface area contributed by atoms with E-state index in [0.717, 1.165) is 0 Å². The largest absolute Gasteiger partial charge is 0.496 e. The summed E-state index contributed by atoms with van der Waals surface area (Å²) in [4.78, 5) is 13.4. The van der Waals surface area contributed by atoms with E-state index >= 15 is 0 Å². The van der Waals surface area contributed by atoms with Crippen LogP contribution in [0, 0.1) is 5.82 Å². The molecule has 0 unspecified atom stereocenters. The van der Waals surface area contributed by atoms with Gasteiger partial charge in [-0.25, -0.2) is 4.39 Å². The summed E-state index contributed by atoms with van der Waals surface area (Å²) in [5.41, 5.74) is -0.0923. The minimum atomic E-state index is -0.620. The monoisotopic (exact) mass is 241 g/mol. The lowest BCUT2D eigenvalue weighted by Crippen LogP contribution is -2.34. The van der Waals surface area contributed by atoms with Crippen LogP contribution in [0.15, 0.2) is 18.2 Å². The van der Waals surface area contributed by atoms with Crippen molar-refractivity contribution in [1.82, 2.24) is 4.90 Å². The Bertz CT molecular complexity index is 395. The number of hydrogen-bond acceptors (Lipinski definition) is 3. The van der Waals surface area contributed by atoms with E-state index in [4.69, 9.17) is 9.84 Å². The molecule has 94 valence electrons. The molecular formula is C12H16FNO3. The zero-order valence-electron chi connectivity index (χ0n) is 9.94. The van der Waals surface area contributed by atoms with Gasteiger partial charge in [-0.1, -0.05) is 6.07 Å². The SMILES string of the molecule is CCN(CCO)C(=O)c1c(F)cccc1OC. The number of nitrogens with zero attached hydrogens (tertiary/aromatic N) is 1. The molecule has 0 aromatic heterocycles. The summed E-state index contributed by atoms with van der Waals surface area (Å²) in [7, 11) is 1.38. The maximum absolute atomic E-state index is 13.6. The zero-order valence-corrected chi connectivity index (χ0v) is 9.94. The molecule has 0 saturated carbocycles. The van der Waals surface area contributed by atoms with Crippen LogP contribution in [0.4, 0.5) is 4.39 Å². The number of halogens is 1. The van der Waals surface area contributed by atoms with Gasteiger partial charge in [-0.2, -0.15) is 0 Å². The van der Waals surface area contributed by atoms with Crippen molar-refractivity contribution in [2.45, 2.75) is 6.92 Å². The van der Waals surface area contributed by atoms with Gasteiger partial charge in [0.1, 0.15) is 17.1 Å². The molecule has 1 N–H and O–H groups in total. The van der Waals surface area contributed by atoms with Crippen molar-refractivity contribution >= 4 is 5.91 Å². The third-order valence-corrected chi connectivity index (χ3v) is 2.45. The molecule has 1 aromatic rings. The zero-order chi connectivity index (χ0) is 12.8. The number of likely N-dealkylation sites (N-methyl/N-ethyl adjacent to an activating group) is 1. The van der Waals surface area contributed by atoms with Crippen molar-refractivity contribution in [2.75, 3.05) is 26.8 Å². The predicted molar refractivity (Wildman–Crippen MR) is 61.6 cm³/mol. The lowest BCUT2D eigenvalue weighted by Gasteiger charge is -2.21. The van der Waals surface area contributed by atoms with Crippen molar-refractivity contribution in [1.29, 1.82) is 0 Å². The van der Waals surface area contributed by atoms with Crippen LogP contribution >= 0.6 is 0 Å². The van der Waals surface area contributed by atoms with Crippen LogP contribution in [0.25, 0.3) is 0 Å². The predicted octanol–water partition coefficient (Wildman–Crippen LogP) is 1.29. The maximum Gasteiger partial charge on any atom is 0.260 e. The van der Waals surface area contributed by atoms with Crippen LogP contribution in [0.1, 0.15) is 17.3 Å². The number of aliphatic hydroxyl groups excluding tert-OH is 1. The summed E-state index contributed by atoms with van der Waals surface area (Å²) < 4.78 is 18.6. The number of ether oxygens (including phenoxy) is 1. The Morgan fingerprint density at radius 1 is 1.53 bits per heavy atom. The Balaban J connectivity index is 3.09. The average Bonchev–Trinajstić information content (AvgIpc) is 2.34. The molecule has 4 nitrogen and oxygen atoms in total. The molecule has 0 aliphatic rings. The summed E-state index contributed by atoms with van der Waals surface area (Å²) >= 11 is 0. The molecule has 0 heterocycles. The van der Waals surface area contributed by atoms with Gasteiger partial charge in [0, 0.05) is 13.1 Å². The molecule has 0 radical (unpaired) electrons. The lowest BCUT2D eigenvalue weighted by atomic mass is 10.1. The molecule has 5 heteroatoms. The normalized spacial score (nSPS) is 10.1. The molecule has 0 saturated heterocycles. The van der Waals surface area contributed by atoms with Crippen LogP contribution < -0.4 is 4.74 Å². The van der Waals surface area contributed by atoms with Gasteiger partial charge < -0.3 is 14.7 Å². The highest BCUT2D eigenvalue weighted by molar-refractivity contribution is 5.97. The number of carbonyl (C=O) groups is 1. The second kappa shape index (κ2) is 6.20. The summed E-state index contributed by atoms with van der Waals surface area (Å²) in [6.45, 7) is 2.18. The molecule has 17 heavy (non-hydrogen) atoms. The molecule has 1 rings (SSSR count). The van der Waals surface area contributed by atoms with Crippen molar-refractivity contribution in [3.63, 3.8) is 0 Å². The number of hydrogen-bond donors (Lipinski definition) is 1. The number of aliphatic hydroxyl groups is 1. The lowest BCUT2D eigenvalue weighted by molar-refractivity contribution is 0.0723. The Morgan fingerprint density at radius 2 is 2.24 bits per heavy atom. The molecule has 0 fully saturated rings. The Kier molecular flexibility index (Phi) is 4.90. The number of methoxy groups -OCH3 is 1. The first-order valence-corrected chi connectivity index (χ1v) is 5.38. The smallest absolute Gasteiger partial charge is 0.260 e. The topological polar surface area (TPSA) is 49.8 Å². The molecule has 0 aliphatic heterocycles.